The molecule has 2 saturated heterocycles. The fourth-order valence-corrected chi connectivity index (χ4v) is 4.90. The Hall–Kier alpha value is -0.870. The predicted molar refractivity (Wildman–Crippen MR) is 115 cm³/mol. The minimum Gasteiger partial charge on any atom is -0.377 e. The molecule has 1 aromatic heterocycles. The number of aliphatic imine (C=N–C) groups is 1. The van der Waals surface area contributed by atoms with Crippen molar-refractivity contribution in [1.82, 2.24) is 20.0 Å². The van der Waals surface area contributed by atoms with E-state index < -0.39 is 0 Å². The van der Waals surface area contributed by atoms with Crippen LogP contribution in [0, 0.1) is 11.3 Å². The smallest absolute Gasteiger partial charge is 0.194 e. The highest BCUT2D eigenvalue weighted by Crippen LogP contribution is 2.51. The summed E-state index contributed by atoms with van der Waals surface area (Å²) in [5.41, 5.74) is 1.26. The number of ether oxygens (including phenoxy) is 2. The third-order valence-electron chi connectivity index (χ3n) is 6.29. The van der Waals surface area contributed by atoms with Crippen LogP contribution in [0.2, 0.25) is 0 Å². The Morgan fingerprint density at radius 3 is 2.85 bits per heavy atom. The van der Waals surface area contributed by atoms with Gasteiger partial charge < -0.3 is 19.7 Å². The average Bonchev–Trinajstić information content (AvgIpc) is 3.09. The molecular formula is C19H32IN5O2. The van der Waals surface area contributed by atoms with Gasteiger partial charge in [0, 0.05) is 56.4 Å². The van der Waals surface area contributed by atoms with Crippen LogP contribution in [-0.4, -0.2) is 66.1 Å². The van der Waals surface area contributed by atoms with Crippen LogP contribution in [0.15, 0.2) is 17.4 Å². The zero-order valence-electron chi connectivity index (χ0n) is 16.7. The second kappa shape index (κ2) is 8.24. The third-order valence-corrected chi connectivity index (χ3v) is 6.29. The normalized spacial score (nSPS) is 32.9. The van der Waals surface area contributed by atoms with Gasteiger partial charge in [0.05, 0.1) is 25.5 Å². The summed E-state index contributed by atoms with van der Waals surface area (Å²) in [7, 11) is 3.81. The molecule has 27 heavy (non-hydrogen) atoms. The Morgan fingerprint density at radius 1 is 1.33 bits per heavy atom. The summed E-state index contributed by atoms with van der Waals surface area (Å²) in [5.74, 6) is 1.56. The van der Waals surface area contributed by atoms with Crippen LogP contribution < -0.4 is 5.32 Å². The molecule has 152 valence electrons. The average molecular weight is 489 g/mol. The lowest BCUT2D eigenvalue weighted by Crippen LogP contribution is -2.71. The van der Waals surface area contributed by atoms with E-state index in [0.29, 0.717) is 24.7 Å². The monoisotopic (exact) mass is 489 g/mol. The van der Waals surface area contributed by atoms with Gasteiger partial charge in [-0.25, -0.2) is 0 Å². The first-order chi connectivity index (χ1) is 12.5. The summed E-state index contributed by atoms with van der Waals surface area (Å²) in [4.78, 5) is 6.90. The minimum atomic E-state index is 0. The van der Waals surface area contributed by atoms with Crippen molar-refractivity contribution < 1.29 is 9.47 Å². The van der Waals surface area contributed by atoms with Crippen molar-refractivity contribution in [2.45, 2.75) is 44.9 Å². The molecule has 4 rings (SSSR count). The first-order valence-electron chi connectivity index (χ1n) is 9.70. The van der Waals surface area contributed by atoms with E-state index in [1.54, 1.807) is 0 Å². The van der Waals surface area contributed by atoms with Crippen molar-refractivity contribution in [3.63, 3.8) is 0 Å². The standard InChI is InChI=1S/C19H31N5O2.HI/c1-19(2)16(14-6-5-8-26-17(14)19)22-18(20-3)24-7-9-25-15(12-24)13-10-21-23(4)11-13;/h10-11,14-17H,5-9,12H2,1-4H3,(H,20,22);1H. The number of aromatic nitrogens is 2. The SMILES string of the molecule is CN=C(NC1C2CCCOC2C1(C)C)N1CCOC(c2cnn(C)c2)C1.I. The molecule has 3 fully saturated rings. The molecule has 0 aromatic carbocycles. The Morgan fingerprint density at radius 2 is 2.15 bits per heavy atom. The summed E-state index contributed by atoms with van der Waals surface area (Å²) in [6.07, 6.45) is 6.74. The maximum atomic E-state index is 6.04. The molecule has 0 spiro atoms. The van der Waals surface area contributed by atoms with Crippen molar-refractivity contribution in [1.29, 1.82) is 0 Å². The fraction of sp³-hybridized carbons (Fsp3) is 0.789. The number of rotatable bonds is 2. The Labute approximate surface area is 178 Å². The molecule has 4 unspecified atom stereocenters. The molecule has 2 aliphatic heterocycles. The fourth-order valence-electron chi connectivity index (χ4n) is 4.90. The number of morpholine rings is 1. The minimum absolute atomic E-state index is 0. The molecule has 1 N–H and O–H groups in total. The molecule has 0 bridgehead atoms. The van der Waals surface area contributed by atoms with Gasteiger partial charge in [-0.05, 0) is 12.8 Å². The van der Waals surface area contributed by atoms with Crippen molar-refractivity contribution in [3.8, 4) is 0 Å². The van der Waals surface area contributed by atoms with Crippen LogP contribution in [0.5, 0.6) is 0 Å². The van der Waals surface area contributed by atoms with E-state index in [1.165, 1.54) is 6.42 Å². The summed E-state index contributed by atoms with van der Waals surface area (Å²) >= 11 is 0. The zero-order chi connectivity index (χ0) is 18.3. The van der Waals surface area contributed by atoms with E-state index in [4.69, 9.17) is 9.47 Å². The number of guanidine groups is 1. The number of fused-ring (bicyclic) bond motifs is 1. The van der Waals surface area contributed by atoms with E-state index in [0.717, 1.165) is 37.6 Å². The van der Waals surface area contributed by atoms with E-state index in [1.807, 2.05) is 31.2 Å². The van der Waals surface area contributed by atoms with E-state index in [2.05, 4.69) is 34.2 Å². The number of nitrogens with zero attached hydrogens (tertiary/aromatic N) is 4. The van der Waals surface area contributed by atoms with Gasteiger partial charge in [-0.15, -0.1) is 24.0 Å². The molecule has 4 atom stereocenters. The highest BCUT2D eigenvalue weighted by Gasteiger charge is 2.58. The molecular weight excluding hydrogens is 457 g/mol. The quantitative estimate of drug-likeness (QED) is 0.392. The second-order valence-electron chi connectivity index (χ2n) is 8.34. The van der Waals surface area contributed by atoms with Gasteiger partial charge >= 0.3 is 0 Å². The van der Waals surface area contributed by atoms with Gasteiger partial charge in [-0.2, -0.15) is 5.10 Å². The number of hydrogen-bond acceptors (Lipinski definition) is 4. The molecule has 1 saturated carbocycles. The van der Waals surface area contributed by atoms with Gasteiger partial charge in [-0.3, -0.25) is 9.67 Å². The molecule has 0 amide bonds. The Bertz CT molecular complexity index is 677. The molecule has 1 aromatic rings. The lowest BCUT2D eigenvalue weighted by molar-refractivity contribution is -0.189. The van der Waals surface area contributed by atoms with Gasteiger partial charge in [0.25, 0.3) is 0 Å². The molecule has 0 radical (unpaired) electrons. The van der Waals surface area contributed by atoms with Crippen molar-refractivity contribution in [2.24, 2.45) is 23.4 Å². The van der Waals surface area contributed by atoms with Gasteiger partial charge in [-0.1, -0.05) is 13.8 Å². The lowest BCUT2D eigenvalue weighted by atomic mass is 9.55. The van der Waals surface area contributed by atoms with E-state index in [9.17, 15) is 0 Å². The van der Waals surface area contributed by atoms with Crippen molar-refractivity contribution in [3.05, 3.63) is 18.0 Å². The van der Waals surface area contributed by atoms with E-state index in [-0.39, 0.29) is 35.5 Å². The van der Waals surface area contributed by atoms with Crippen molar-refractivity contribution in [2.75, 3.05) is 33.4 Å². The number of halogens is 1. The predicted octanol–water partition coefficient (Wildman–Crippen LogP) is 2.19. The van der Waals surface area contributed by atoms with Gasteiger partial charge in [0.15, 0.2) is 5.96 Å². The topological polar surface area (TPSA) is 63.9 Å². The first kappa shape index (κ1) is 20.9. The van der Waals surface area contributed by atoms with Crippen LogP contribution in [0.1, 0.15) is 38.4 Å². The number of nitrogens with one attached hydrogen (secondary N) is 1. The summed E-state index contributed by atoms with van der Waals surface area (Å²) in [6.45, 7) is 7.87. The van der Waals surface area contributed by atoms with Crippen LogP contribution in [-0.2, 0) is 16.5 Å². The lowest BCUT2D eigenvalue weighted by Gasteiger charge is -2.60. The molecule has 3 aliphatic rings. The molecule has 7 nitrogen and oxygen atoms in total. The highest BCUT2D eigenvalue weighted by molar-refractivity contribution is 14.0. The maximum Gasteiger partial charge on any atom is 0.194 e. The van der Waals surface area contributed by atoms with Crippen molar-refractivity contribution >= 4 is 29.9 Å². The largest absolute Gasteiger partial charge is 0.377 e. The van der Waals surface area contributed by atoms with Crippen LogP contribution in [0.25, 0.3) is 0 Å². The summed E-state index contributed by atoms with van der Waals surface area (Å²) in [5, 5.41) is 8.03. The molecule has 8 heteroatoms. The molecule has 1 aliphatic carbocycles. The zero-order valence-corrected chi connectivity index (χ0v) is 19.1. The third kappa shape index (κ3) is 3.85. The number of hydrogen-bond donors (Lipinski definition) is 1. The van der Waals surface area contributed by atoms with Gasteiger partial charge in [0.1, 0.15) is 6.10 Å². The van der Waals surface area contributed by atoms with Gasteiger partial charge in [0.2, 0.25) is 0 Å². The first-order valence-corrected chi connectivity index (χ1v) is 9.70. The maximum absolute atomic E-state index is 6.04. The number of aryl methyl sites for hydroxylation is 1. The molecule has 3 heterocycles. The van der Waals surface area contributed by atoms with E-state index >= 15 is 0 Å². The summed E-state index contributed by atoms with van der Waals surface area (Å²) in [6, 6.07) is 0.409. The summed E-state index contributed by atoms with van der Waals surface area (Å²) < 4.78 is 13.8. The Balaban J connectivity index is 0.00000210. The van der Waals surface area contributed by atoms with Crippen LogP contribution in [0.4, 0.5) is 0 Å². The Kier molecular flexibility index (Phi) is 6.37. The van der Waals surface area contributed by atoms with Crippen LogP contribution in [0.3, 0.4) is 0 Å². The highest BCUT2D eigenvalue weighted by atomic mass is 127. The van der Waals surface area contributed by atoms with Crippen LogP contribution >= 0.6 is 24.0 Å². The second-order valence-corrected chi connectivity index (χ2v) is 8.34.